The number of para-hydroxylation sites is 1. The van der Waals surface area contributed by atoms with Crippen LogP contribution in [0.4, 0.5) is 36.7 Å². The zero-order chi connectivity index (χ0) is 31.0. The Morgan fingerprint density at radius 1 is 1.00 bits per heavy atom. The number of nitrogens with one attached hydrogen (secondary N) is 2. The number of sulfone groups is 1. The number of amides is 1. The molecule has 12 nitrogen and oxygen atoms in total. The van der Waals surface area contributed by atoms with E-state index in [2.05, 4.69) is 20.6 Å². The van der Waals surface area contributed by atoms with Gasteiger partial charge in [0.05, 0.1) is 17.6 Å². The molecule has 1 amide bonds. The second kappa shape index (κ2) is 13.9. The van der Waals surface area contributed by atoms with E-state index in [0.29, 0.717) is 25.1 Å². The van der Waals surface area contributed by atoms with E-state index in [1.54, 1.807) is 13.0 Å². The second-order valence-electron chi connectivity index (χ2n) is 8.96. The van der Waals surface area contributed by atoms with Gasteiger partial charge in [-0.25, -0.2) is 27.0 Å². The predicted octanol–water partition coefficient (Wildman–Crippen LogP) is 4.56. The van der Waals surface area contributed by atoms with Gasteiger partial charge in [0.25, 0.3) is 0 Å². The highest BCUT2D eigenvalue weighted by molar-refractivity contribution is 7.91. The van der Waals surface area contributed by atoms with Crippen molar-refractivity contribution in [2.45, 2.75) is 32.1 Å². The molecular weight excluding hydrogens is 574 g/mol. The van der Waals surface area contributed by atoms with Gasteiger partial charge in [-0.2, -0.15) is 4.98 Å². The van der Waals surface area contributed by atoms with E-state index >= 15 is 0 Å². The van der Waals surface area contributed by atoms with E-state index in [0.717, 1.165) is 12.1 Å². The highest BCUT2D eigenvalue weighted by atomic mass is 32.2. The average molecular weight is 607 g/mol. The van der Waals surface area contributed by atoms with Crippen LogP contribution >= 0.6 is 0 Å². The summed E-state index contributed by atoms with van der Waals surface area (Å²) in [6.07, 6.45) is 0.633. The molecule has 3 rings (SSSR count). The van der Waals surface area contributed by atoms with E-state index in [-0.39, 0.29) is 35.1 Å². The predicted molar refractivity (Wildman–Crippen MR) is 153 cm³/mol. The largest absolute Gasteiger partial charge is 0.420 e. The first kappa shape index (κ1) is 32.0. The molecule has 0 unspecified atom stereocenters. The molecule has 0 radical (unpaired) electrons. The highest BCUT2D eigenvalue weighted by Crippen LogP contribution is 2.39. The first-order valence-electron chi connectivity index (χ1n) is 12.9. The van der Waals surface area contributed by atoms with Crippen LogP contribution in [-0.4, -0.2) is 68.4 Å². The number of benzene rings is 2. The minimum absolute atomic E-state index is 0.0241. The van der Waals surface area contributed by atoms with E-state index in [1.807, 2.05) is 18.7 Å². The van der Waals surface area contributed by atoms with Gasteiger partial charge in [0.15, 0.2) is 27.2 Å². The molecule has 3 aromatic rings. The Labute approximate surface area is 242 Å². The van der Waals surface area contributed by atoms with Gasteiger partial charge in [0.1, 0.15) is 22.4 Å². The fraction of sp³-hybridized carbons (Fsp3) is 0.333. The third-order valence-electron chi connectivity index (χ3n) is 5.80. The molecule has 0 saturated carbocycles. The molecule has 0 aliphatic carbocycles. The topological polar surface area (TPSA) is 143 Å². The molecule has 15 heteroatoms. The number of hydrogen-bond donors (Lipinski definition) is 2. The monoisotopic (exact) mass is 606 g/mol. The third-order valence-corrected chi connectivity index (χ3v) is 7.31. The van der Waals surface area contributed by atoms with Crippen LogP contribution in [0.15, 0.2) is 47.5 Å². The molecular formula is C27H32F2N6O6S. The molecule has 0 saturated heterocycles. The van der Waals surface area contributed by atoms with Gasteiger partial charge >= 0.3 is 12.1 Å². The summed E-state index contributed by atoms with van der Waals surface area (Å²) in [5.74, 6) is -3.25. The van der Waals surface area contributed by atoms with Crippen molar-refractivity contribution >= 4 is 45.0 Å². The lowest BCUT2D eigenvalue weighted by atomic mass is 10.2. The van der Waals surface area contributed by atoms with Crippen molar-refractivity contribution in [2.24, 2.45) is 0 Å². The van der Waals surface area contributed by atoms with E-state index in [1.165, 1.54) is 37.3 Å². The summed E-state index contributed by atoms with van der Waals surface area (Å²) >= 11 is 0. The van der Waals surface area contributed by atoms with Crippen LogP contribution in [0, 0.1) is 11.6 Å². The number of aromatic nitrogens is 2. The van der Waals surface area contributed by atoms with Crippen molar-refractivity contribution < 1.29 is 36.3 Å². The molecule has 0 aliphatic heterocycles. The maximum Gasteiger partial charge on any atom is 0.414 e. The number of rotatable bonds is 12. The van der Waals surface area contributed by atoms with Gasteiger partial charge < -0.3 is 29.9 Å². The van der Waals surface area contributed by atoms with Crippen LogP contribution in [0.25, 0.3) is 0 Å². The minimum Gasteiger partial charge on any atom is -0.420 e. The Balaban J connectivity index is 2.06. The number of hydrogen-bond acceptors (Lipinski definition) is 11. The minimum atomic E-state index is -4.34. The Hall–Kier alpha value is -4.53. The molecule has 1 heterocycles. The van der Waals surface area contributed by atoms with Gasteiger partial charge in [0, 0.05) is 33.6 Å². The fourth-order valence-electron chi connectivity index (χ4n) is 3.52. The van der Waals surface area contributed by atoms with Crippen molar-refractivity contribution in [1.82, 2.24) is 14.9 Å². The SMILES string of the molecule is CCC(=O)Oc1c(Nc2nc(N(CC)CC)ncc2NCS(=O)(=O)c2cc(F)ccc2F)cccc1OC(=O)N(C)C. The summed E-state index contributed by atoms with van der Waals surface area (Å²) in [6.45, 7) is 6.51. The number of anilines is 4. The van der Waals surface area contributed by atoms with E-state index < -0.39 is 44.3 Å². The molecule has 0 aliphatic rings. The average Bonchev–Trinajstić information content (AvgIpc) is 2.95. The van der Waals surface area contributed by atoms with Gasteiger partial charge in [-0.1, -0.05) is 13.0 Å². The standard InChI is InChI=1S/C27H32F2N6O6S/c1-6-23(36)41-24-19(10-9-11-21(24)40-27(37)34(4)5)32-25-20(15-30-26(33-25)35(7-2)8-3)31-16-42(38,39)22-14-17(28)12-13-18(22)29/h9-15,31H,6-8,16H2,1-5H3,(H,30,32,33). The van der Waals surface area contributed by atoms with E-state index in [4.69, 9.17) is 9.47 Å². The first-order valence-corrected chi connectivity index (χ1v) is 14.6. The Morgan fingerprint density at radius 3 is 2.36 bits per heavy atom. The smallest absolute Gasteiger partial charge is 0.414 e. The zero-order valence-corrected chi connectivity index (χ0v) is 24.6. The number of carbonyl (C=O) groups excluding carboxylic acids is 2. The van der Waals surface area contributed by atoms with Crippen LogP contribution < -0.4 is 25.0 Å². The summed E-state index contributed by atoms with van der Waals surface area (Å²) in [4.78, 5) is 35.6. The number of esters is 1. The van der Waals surface area contributed by atoms with Crippen LogP contribution in [-0.2, 0) is 14.6 Å². The van der Waals surface area contributed by atoms with E-state index in [9.17, 15) is 26.8 Å². The van der Waals surface area contributed by atoms with Crippen LogP contribution in [0.5, 0.6) is 11.5 Å². The summed E-state index contributed by atoms with van der Waals surface area (Å²) < 4.78 is 64.6. The Bertz CT molecular complexity index is 1550. The lowest BCUT2D eigenvalue weighted by Gasteiger charge is -2.22. The van der Waals surface area contributed by atoms with Crippen LogP contribution in [0.3, 0.4) is 0 Å². The number of halogens is 2. The molecule has 226 valence electrons. The molecule has 0 atom stereocenters. The first-order chi connectivity index (χ1) is 19.9. The van der Waals surface area contributed by atoms with Gasteiger partial charge in [-0.3, -0.25) is 4.79 Å². The van der Waals surface area contributed by atoms with Crippen molar-refractivity contribution in [2.75, 3.05) is 48.6 Å². The lowest BCUT2D eigenvalue weighted by molar-refractivity contribution is -0.134. The molecule has 2 N–H and O–H groups in total. The third kappa shape index (κ3) is 7.81. The maximum atomic E-state index is 14.2. The van der Waals surface area contributed by atoms with Crippen molar-refractivity contribution in [3.63, 3.8) is 0 Å². The number of carbonyl (C=O) groups is 2. The number of nitrogens with zero attached hydrogens (tertiary/aromatic N) is 4. The summed E-state index contributed by atoms with van der Waals surface area (Å²) in [5, 5.41) is 5.67. The zero-order valence-electron chi connectivity index (χ0n) is 23.8. The molecule has 0 bridgehead atoms. The van der Waals surface area contributed by atoms with Crippen molar-refractivity contribution in [3.8, 4) is 11.5 Å². The van der Waals surface area contributed by atoms with Gasteiger partial charge in [-0.15, -0.1) is 0 Å². The molecule has 0 fully saturated rings. The van der Waals surface area contributed by atoms with Gasteiger partial charge in [-0.05, 0) is 44.2 Å². The summed E-state index contributed by atoms with van der Waals surface area (Å²) in [7, 11) is -1.37. The van der Waals surface area contributed by atoms with Crippen LogP contribution in [0.2, 0.25) is 0 Å². The Kier molecular flexibility index (Phi) is 10.6. The van der Waals surface area contributed by atoms with Gasteiger partial charge in [0.2, 0.25) is 5.95 Å². The second-order valence-corrected chi connectivity index (χ2v) is 10.9. The Morgan fingerprint density at radius 2 is 1.71 bits per heavy atom. The van der Waals surface area contributed by atoms with Crippen molar-refractivity contribution in [1.29, 1.82) is 0 Å². The van der Waals surface area contributed by atoms with Crippen molar-refractivity contribution in [3.05, 3.63) is 54.2 Å². The summed E-state index contributed by atoms with van der Waals surface area (Å²) in [5.41, 5.74) is 0.238. The maximum absolute atomic E-state index is 14.2. The number of ether oxygens (including phenoxy) is 2. The molecule has 2 aromatic carbocycles. The van der Waals surface area contributed by atoms with Crippen LogP contribution in [0.1, 0.15) is 27.2 Å². The fourth-order valence-corrected chi connectivity index (χ4v) is 4.68. The molecule has 42 heavy (non-hydrogen) atoms. The quantitative estimate of drug-likeness (QED) is 0.221. The highest BCUT2D eigenvalue weighted by Gasteiger charge is 2.23. The summed E-state index contributed by atoms with van der Waals surface area (Å²) in [6, 6.07) is 6.66. The molecule has 0 spiro atoms. The lowest BCUT2D eigenvalue weighted by Crippen LogP contribution is -2.26. The normalized spacial score (nSPS) is 11.0. The molecule has 1 aromatic heterocycles.